The first-order valence-electron chi connectivity index (χ1n) is 14.4. The van der Waals surface area contributed by atoms with Crippen molar-refractivity contribution in [3.05, 3.63) is 136 Å². The van der Waals surface area contributed by atoms with Crippen molar-refractivity contribution in [2.75, 3.05) is 11.9 Å². The summed E-state index contributed by atoms with van der Waals surface area (Å²) in [6, 6.07) is 26.6. The van der Waals surface area contributed by atoms with Crippen molar-refractivity contribution in [2.24, 2.45) is 0 Å². The Morgan fingerprint density at radius 2 is 1.73 bits per heavy atom. The average molecular weight is 625 g/mol. The highest BCUT2D eigenvalue weighted by Gasteiger charge is 2.26. The number of carbonyl (C=O) groups is 1. The van der Waals surface area contributed by atoms with Crippen LogP contribution < -0.4 is 10.6 Å². The summed E-state index contributed by atoms with van der Waals surface area (Å²) >= 11 is 5.85. The van der Waals surface area contributed by atoms with Gasteiger partial charge in [-0.05, 0) is 72.2 Å². The molecule has 0 aliphatic heterocycles. The number of amides is 1. The molecule has 0 atom stereocenters. The van der Waals surface area contributed by atoms with Gasteiger partial charge in [0.2, 0.25) is 5.91 Å². The van der Waals surface area contributed by atoms with Crippen LogP contribution in [0.15, 0.2) is 104 Å². The van der Waals surface area contributed by atoms with E-state index in [1.807, 2.05) is 41.5 Å². The van der Waals surface area contributed by atoms with Crippen LogP contribution in [0.2, 0.25) is 0 Å². The standard InChI is InChI=1S/C34H33FN6O3S/c1-34(2,38-32(42)18-30-19-36-23-40(30)20-24-10-16-29(17-11-24)41(43)44)22-39(33(45)37-28-14-12-27(35)13-15-28)21-26-8-5-7-25-6-3-4-9-31(25)26/h3-17,19,23H,18,20-22H2,1-2H3,(H,37,45)(H,38,42). The van der Waals surface area contributed by atoms with E-state index in [0.717, 1.165) is 21.9 Å². The van der Waals surface area contributed by atoms with E-state index in [2.05, 4.69) is 39.9 Å². The largest absolute Gasteiger partial charge is 0.349 e. The summed E-state index contributed by atoms with van der Waals surface area (Å²) < 4.78 is 15.4. The number of hydrogen-bond acceptors (Lipinski definition) is 5. The van der Waals surface area contributed by atoms with Crippen LogP contribution in [0.3, 0.4) is 0 Å². The Kier molecular flexibility index (Phi) is 9.48. The van der Waals surface area contributed by atoms with E-state index >= 15 is 0 Å². The van der Waals surface area contributed by atoms with Gasteiger partial charge in [0.05, 0.1) is 23.2 Å². The molecule has 0 spiro atoms. The van der Waals surface area contributed by atoms with Gasteiger partial charge >= 0.3 is 0 Å². The number of non-ortho nitro benzene ring substituents is 1. The summed E-state index contributed by atoms with van der Waals surface area (Å²) in [4.78, 5) is 30.1. The molecule has 1 aromatic heterocycles. The molecule has 0 saturated heterocycles. The molecule has 5 aromatic rings. The topological polar surface area (TPSA) is 105 Å². The third-order valence-corrected chi connectivity index (χ3v) is 7.69. The maximum absolute atomic E-state index is 13.5. The number of aromatic nitrogens is 2. The number of imidazole rings is 1. The second kappa shape index (κ2) is 13.6. The quantitative estimate of drug-likeness (QED) is 0.0986. The predicted molar refractivity (Wildman–Crippen MR) is 177 cm³/mol. The molecule has 45 heavy (non-hydrogen) atoms. The number of rotatable bonds is 11. The number of nitro benzene ring substituents is 1. The molecule has 5 rings (SSSR count). The molecule has 11 heteroatoms. The van der Waals surface area contributed by atoms with Crippen molar-refractivity contribution in [1.29, 1.82) is 0 Å². The van der Waals surface area contributed by atoms with E-state index in [0.29, 0.717) is 36.1 Å². The monoisotopic (exact) mass is 624 g/mol. The van der Waals surface area contributed by atoms with E-state index in [-0.39, 0.29) is 23.8 Å². The lowest BCUT2D eigenvalue weighted by atomic mass is 10.0. The molecule has 0 aliphatic rings. The Bertz CT molecular complexity index is 1820. The fraction of sp³-hybridized carbons (Fsp3) is 0.206. The number of fused-ring (bicyclic) bond motifs is 1. The van der Waals surface area contributed by atoms with E-state index in [4.69, 9.17) is 12.2 Å². The number of hydrogen-bond donors (Lipinski definition) is 2. The first-order chi connectivity index (χ1) is 21.6. The van der Waals surface area contributed by atoms with Crippen molar-refractivity contribution in [3.8, 4) is 0 Å². The molecule has 1 amide bonds. The molecule has 1 heterocycles. The average Bonchev–Trinajstić information content (AvgIpc) is 3.43. The zero-order valence-electron chi connectivity index (χ0n) is 24.9. The fourth-order valence-electron chi connectivity index (χ4n) is 5.23. The van der Waals surface area contributed by atoms with Gasteiger partial charge in [-0.25, -0.2) is 9.37 Å². The van der Waals surface area contributed by atoms with Crippen LogP contribution in [0.1, 0.15) is 30.7 Å². The molecular formula is C34H33FN6O3S. The van der Waals surface area contributed by atoms with E-state index in [1.54, 1.807) is 36.8 Å². The van der Waals surface area contributed by atoms with Crippen molar-refractivity contribution < 1.29 is 14.1 Å². The Morgan fingerprint density at radius 3 is 2.47 bits per heavy atom. The third kappa shape index (κ3) is 8.27. The van der Waals surface area contributed by atoms with Crippen molar-refractivity contribution >= 4 is 45.4 Å². The van der Waals surface area contributed by atoms with Crippen LogP contribution >= 0.6 is 12.2 Å². The molecule has 9 nitrogen and oxygen atoms in total. The molecule has 0 saturated carbocycles. The van der Waals surface area contributed by atoms with Gasteiger partial charge in [0, 0.05) is 49.3 Å². The Morgan fingerprint density at radius 1 is 1.02 bits per heavy atom. The minimum atomic E-state index is -0.695. The predicted octanol–water partition coefficient (Wildman–Crippen LogP) is 6.47. The van der Waals surface area contributed by atoms with Crippen molar-refractivity contribution in [2.45, 2.75) is 38.9 Å². The molecular weight excluding hydrogens is 591 g/mol. The number of thiocarbonyl (C=S) groups is 1. The summed E-state index contributed by atoms with van der Waals surface area (Å²) in [5.74, 6) is -0.523. The molecule has 230 valence electrons. The summed E-state index contributed by atoms with van der Waals surface area (Å²) in [6.45, 7) is 5.17. The molecule has 0 fully saturated rings. The smallest absolute Gasteiger partial charge is 0.269 e. The summed E-state index contributed by atoms with van der Waals surface area (Å²) in [5, 5.41) is 20.0. The molecule has 2 N–H and O–H groups in total. The lowest BCUT2D eigenvalue weighted by Crippen LogP contribution is -2.53. The highest BCUT2D eigenvalue weighted by atomic mass is 32.1. The lowest BCUT2D eigenvalue weighted by Gasteiger charge is -2.35. The van der Waals surface area contributed by atoms with Crippen LogP contribution in [0.4, 0.5) is 15.8 Å². The lowest BCUT2D eigenvalue weighted by molar-refractivity contribution is -0.384. The van der Waals surface area contributed by atoms with Gasteiger partial charge < -0.3 is 20.1 Å². The highest BCUT2D eigenvalue weighted by Crippen LogP contribution is 2.22. The second-order valence-electron chi connectivity index (χ2n) is 11.5. The molecule has 0 aliphatic carbocycles. The maximum Gasteiger partial charge on any atom is 0.269 e. The second-order valence-corrected chi connectivity index (χ2v) is 11.9. The minimum Gasteiger partial charge on any atom is -0.349 e. The Labute approximate surface area is 265 Å². The van der Waals surface area contributed by atoms with Crippen LogP contribution in [-0.2, 0) is 24.3 Å². The molecule has 0 bridgehead atoms. The van der Waals surface area contributed by atoms with Gasteiger partial charge in [0.1, 0.15) is 5.82 Å². The highest BCUT2D eigenvalue weighted by molar-refractivity contribution is 7.80. The third-order valence-electron chi connectivity index (χ3n) is 7.33. The number of halogens is 1. The number of anilines is 1. The van der Waals surface area contributed by atoms with Crippen LogP contribution in [0.5, 0.6) is 0 Å². The fourth-order valence-corrected chi connectivity index (χ4v) is 5.48. The Balaban J connectivity index is 1.29. The molecule has 0 unspecified atom stereocenters. The van der Waals surface area contributed by atoms with Gasteiger partial charge in [-0.3, -0.25) is 14.9 Å². The first-order valence-corrected chi connectivity index (χ1v) is 14.8. The Hall–Kier alpha value is -5.16. The zero-order valence-corrected chi connectivity index (χ0v) is 25.8. The van der Waals surface area contributed by atoms with Gasteiger partial charge in [-0.2, -0.15) is 0 Å². The summed E-state index contributed by atoms with van der Waals surface area (Å²) in [6.07, 6.45) is 3.38. The number of carbonyl (C=O) groups excluding carboxylic acids is 1. The summed E-state index contributed by atoms with van der Waals surface area (Å²) in [5.41, 5.74) is 2.63. The van der Waals surface area contributed by atoms with Crippen molar-refractivity contribution in [1.82, 2.24) is 19.8 Å². The molecule has 0 radical (unpaired) electrons. The van der Waals surface area contributed by atoms with Gasteiger partial charge in [-0.1, -0.05) is 54.6 Å². The number of nitro groups is 1. The van der Waals surface area contributed by atoms with Crippen LogP contribution in [0.25, 0.3) is 10.8 Å². The van der Waals surface area contributed by atoms with E-state index in [9.17, 15) is 19.3 Å². The zero-order chi connectivity index (χ0) is 32.0. The number of nitrogens with one attached hydrogen (secondary N) is 2. The first kappa shape index (κ1) is 31.3. The minimum absolute atomic E-state index is 0.0213. The van der Waals surface area contributed by atoms with E-state index < -0.39 is 10.5 Å². The number of benzene rings is 4. The van der Waals surface area contributed by atoms with Gasteiger partial charge in [-0.15, -0.1) is 0 Å². The SMILES string of the molecule is CC(C)(CN(Cc1cccc2ccccc12)C(=S)Nc1ccc(F)cc1)NC(=O)Cc1cncn1Cc1ccc([N+](=O)[O-])cc1. The normalized spacial score (nSPS) is 11.3. The van der Waals surface area contributed by atoms with Crippen LogP contribution in [-0.4, -0.2) is 42.5 Å². The van der Waals surface area contributed by atoms with Gasteiger partial charge in [0.15, 0.2) is 5.11 Å². The van der Waals surface area contributed by atoms with Gasteiger partial charge in [0.25, 0.3) is 5.69 Å². The maximum atomic E-state index is 13.5. The van der Waals surface area contributed by atoms with E-state index in [1.165, 1.54) is 24.3 Å². The van der Waals surface area contributed by atoms with Crippen molar-refractivity contribution in [3.63, 3.8) is 0 Å². The molecule has 4 aromatic carbocycles. The van der Waals surface area contributed by atoms with Crippen LogP contribution in [0, 0.1) is 15.9 Å². The summed E-state index contributed by atoms with van der Waals surface area (Å²) in [7, 11) is 0. The number of nitrogens with zero attached hydrogens (tertiary/aromatic N) is 4.